The first-order valence-electron chi connectivity index (χ1n) is 8.86. The van der Waals surface area contributed by atoms with Gasteiger partial charge in [0.1, 0.15) is 0 Å². The van der Waals surface area contributed by atoms with Crippen LogP contribution >= 0.6 is 0 Å². The standard InChI is InChI=1S/C21H20N2O4/c1-22-12-16-19(13-7-4-3-5-8-13)21(23(25)26)15(11-18(24)27-2)14-9-6-10-17(22)20(14)16/h3-10,12,15,19,21H,11H2,1-2H3/t15-,19+,21-/m1/s1. The fourth-order valence-corrected chi connectivity index (χ4v) is 4.45. The van der Waals surface area contributed by atoms with Crippen molar-refractivity contribution in [1.82, 2.24) is 4.57 Å². The maximum Gasteiger partial charge on any atom is 0.306 e. The highest BCUT2D eigenvalue weighted by Crippen LogP contribution is 2.48. The third-order valence-corrected chi connectivity index (χ3v) is 5.58. The van der Waals surface area contributed by atoms with Crippen molar-refractivity contribution in [3.05, 3.63) is 81.5 Å². The van der Waals surface area contributed by atoms with Crippen molar-refractivity contribution in [2.24, 2.45) is 7.05 Å². The third kappa shape index (κ3) is 2.68. The van der Waals surface area contributed by atoms with Gasteiger partial charge in [0.2, 0.25) is 6.04 Å². The van der Waals surface area contributed by atoms with E-state index >= 15 is 0 Å². The van der Waals surface area contributed by atoms with Gasteiger partial charge in [-0.3, -0.25) is 14.9 Å². The van der Waals surface area contributed by atoms with Crippen LogP contribution in [0.4, 0.5) is 0 Å². The van der Waals surface area contributed by atoms with Crippen molar-refractivity contribution in [3.8, 4) is 0 Å². The average molecular weight is 364 g/mol. The molecule has 1 aliphatic carbocycles. The second-order valence-electron chi connectivity index (χ2n) is 6.99. The number of carbonyl (C=O) groups is 1. The van der Waals surface area contributed by atoms with Crippen LogP contribution in [0.3, 0.4) is 0 Å². The molecule has 6 heteroatoms. The molecule has 1 aliphatic rings. The van der Waals surface area contributed by atoms with Crippen LogP contribution in [0.2, 0.25) is 0 Å². The van der Waals surface area contributed by atoms with Gasteiger partial charge in [-0.15, -0.1) is 0 Å². The highest BCUT2D eigenvalue weighted by Gasteiger charge is 2.48. The Bertz CT molecular complexity index is 1030. The van der Waals surface area contributed by atoms with E-state index in [9.17, 15) is 14.9 Å². The summed E-state index contributed by atoms with van der Waals surface area (Å²) in [6.45, 7) is 0. The number of hydrogen-bond acceptors (Lipinski definition) is 4. The first-order valence-corrected chi connectivity index (χ1v) is 8.86. The van der Waals surface area contributed by atoms with Gasteiger partial charge in [0, 0.05) is 29.1 Å². The van der Waals surface area contributed by atoms with Crippen LogP contribution in [-0.4, -0.2) is 28.6 Å². The van der Waals surface area contributed by atoms with Crippen molar-refractivity contribution in [2.75, 3.05) is 7.11 Å². The van der Waals surface area contributed by atoms with Crippen molar-refractivity contribution in [3.63, 3.8) is 0 Å². The summed E-state index contributed by atoms with van der Waals surface area (Å²) in [5, 5.41) is 13.2. The van der Waals surface area contributed by atoms with E-state index in [1.54, 1.807) is 0 Å². The molecule has 0 saturated heterocycles. The maximum absolute atomic E-state index is 12.2. The summed E-state index contributed by atoms with van der Waals surface area (Å²) < 4.78 is 6.85. The van der Waals surface area contributed by atoms with Crippen LogP contribution in [-0.2, 0) is 16.6 Å². The Balaban J connectivity index is 2.02. The highest BCUT2D eigenvalue weighted by atomic mass is 16.6. The Morgan fingerprint density at radius 1 is 1.15 bits per heavy atom. The van der Waals surface area contributed by atoms with Gasteiger partial charge in [0.05, 0.1) is 25.4 Å². The molecule has 6 nitrogen and oxygen atoms in total. The lowest BCUT2D eigenvalue weighted by atomic mass is 9.70. The van der Waals surface area contributed by atoms with Gasteiger partial charge in [0.15, 0.2) is 0 Å². The number of aromatic nitrogens is 1. The molecular formula is C21H20N2O4. The minimum atomic E-state index is -0.938. The zero-order chi connectivity index (χ0) is 19.1. The van der Waals surface area contributed by atoms with E-state index < -0.39 is 23.8 Å². The van der Waals surface area contributed by atoms with Gasteiger partial charge in [-0.1, -0.05) is 42.5 Å². The van der Waals surface area contributed by atoms with Crippen LogP contribution < -0.4 is 0 Å². The number of esters is 1. The van der Waals surface area contributed by atoms with Gasteiger partial charge in [-0.2, -0.15) is 0 Å². The number of nitro groups is 1. The molecule has 27 heavy (non-hydrogen) atoms. The summed E-state index contributed by atoms with van der Waals surface area (Å²) in [4.78, 5) is 24.0. The molecule has 138 valence electrons. The van der Waals surface area contributed by atoms with Gasteiger partial charge in [-0.05, 0) is 22.8 Å². The quantitative estimate of drug-likeness (QED) is 0.403. The molecule has 4 rings (SSSR count). The second-order valence-corrected chi connectivity index (χ2v) is 6.99. The molecule has 0 bridgehead atoms. The molecule has 1 heterocycles. The van der Waals surface area contributed by atoms with E-state index in [1.165, 1.54) is 7.11 Å². The lowest BCUT2D eigenvalue weighted by molar-refractivity contribution is -0.529. The normalized spacial score (nSPS) is 21.2. The number of methoxy groups -OCH3 is 1. The lowest BCUT2D eigenvalue weighted by Crippen LogP contribution is -2.38. The molecule has 0 amide bonds. The molecule has 3 atom stereocenters. The van der Waals surface area contributed by atoms with Crippen LogP contribution in [0, 0.1) is 10.1 Å². The number of hydrogen-bond donors (Lipinski definition) is 0. The van der Waals surface area contributed by atoms with Crippen LogP contribution in [0.15, 0.2) is 54.7 Å². The number of nitrogens with zero attached hydrogens (tertiary/aromatic N) is 2. The van der Waals surface area contributed by atoms with Crippen LogP contribution in [0.25, 0.3) is 10.9 Å². The fourth-order valence-electron chi connectivity index (χ4n) is 4.45. The van der Waals surface area contributed by atoms with E-state index in [4.69, 9.17) is 4.74 Å². The maximum atomic E-state index is 12.2. The number of aryl methyl sites for hydroxylation is 1. The zero-order valence-electron chi connectivity index (χ0n) is 15.2. The van der Waals surface area contributed by atoms with E-state index in [0.717, 1.165) is 27.6 Å². The smallest absolute Gasteiger partial charge is 0.306 e. The van der Waals surface area contributed by atoms with E-state index in [-0.39, 0.29) is 11.3 Å². The average Bonchev–Trinajstić information content (AvgIpc) is 3.01. The summed E-state index contributed by atoms with van der Waals surface area (Å²) in [5.41, 5.74) is 3.69. The first kappa shape index (κ1) is 17.3. The first-order chi connectivity index (χ1) is 13.0. The fraction of sp³-hybridized carbons (Fsp3) is 0.286. The zero-order valence-corrected chi connectivity index (χ0v) is 15.2. The molecule has 0 unspecified atom stereocenters. The molecule has 0 saturated carbocycles. The molecule has 0 radical (unpaired) electrons. The molecule has 0 N–H and O–H groups in total. The molecule has 2 aromatic carbocycles. The van der Waals surface area contributed by atoms with Crippen molar-refractivity contribution in [2.45, 2.75) is 24.3 Å². The minimum absolute atomic E-state index is 0.0150. The van der Waals surface area contributed by atoms with Crippen LogP contribution in [0.5, 0.6) is 0 Å². The minimum Gasteiger partial charge on any atom is -0.469 e. The molecule has 3 aromatic rings. The molecule has 0 fully saturated rings. The van der Waals surface area contributed by atoms with Crippen molar-refractivity contribution >= 4 is 16.9 Å². The van der Waals surface area contributed by atoms with Crippen molar-refractivity contribution < 1.29 is 14.5 Å². The summed E-state index contributed by atoms with van der Waals surface area (Å²) in [5.74, 6) is -1.40. The molecule has 1 aromatic heterocycles. The Labute approximate surface area is 156 Å². The SMILES string of the molecule is COC(=O)C[C@@H]1c2cccc3c2c(cn3C)[C@H](c2ccccc2)[C@@H]1[N+](=O)[O-]. The van der Waals surface area contributed by atoms with E-state index in [1.807, 2.05) is 66.3 Å². The predicted octanol–water partition coefficient (Wildman–Crippen LogP) is 3.62. The Morgan fingerprint density at radius 2 is 1.89 bits per heavy atom. The molecule has 0 aliphatic heterocycles. The van der Waals surface area contributed by atoms with Crippen LogP contribution in [0.1, 0.15) is 34.9 Å². The Hall–Kier alpha value is -3.15. The summed E-state index contributed by atoms with van der Waals surface area (Å²) >= 11 is 0. The largest absolute Gasteiger partial charge is 0.469 e. The monoisotopic (exact) mass is 364 g/mol. The molecule has 0 spiro atoms. The highest BCUT2D eigenvalue weighted by molar-refractivity contribution is 5.91. The number of benzene rings is 2. The van der Waals surface area contributed by atoms with Gasteiger partial charge in [0.25, 0.3) is 0 Å². The predicted molar refractivity (Wildman–Crippen MR) is 101 cm³/mol. The molecular weight excluding hydrogens is 344 g/mol. The Kier molecular flexibility index (Phi) is 4.18. The van der Waals surface area contributed by atoms with Gasteiger partial charge >= 0.3 is 5.97 Å². The summed E-state index contributed by atoms with van der Waals surface area (Å²) in [7, 11) is 3.26. The van der Waals surface area contributed by atoms with Gasteiger partial charge in [-0.25, -0.2) is 0 Å². The number of rotatable bonds is 4. The lowest BCUT2D eigenvalue weighted by Gasteiger charge is -2.32. The summed E-state index contributed by atoms with van der Waals surface area (Å²) in [6.07, 6.45) is 1.97. The Morgan fingerprint density at radius 3 is 2.56 bits per heavy atom. The third-order valence-electron chi connectivity index (χ3n) is 5.58. The topological polar surface area (TPSA) is 74.4 Å². The number of ether oxygens (including phenoxy) is 1. The second kappa shape index (κ2) is 6.54. The van der Waals surface area contributed by atoms with Crippen molar-refractivity contribution in [1.29, 1.82) is 0 Å². The van der Waals surface area contributed by atoms with Gasteiger partial charge < -0.3 is 9.30 Å². The summed E-state index contributed by atoms with van der Waals surface area (Å²) in [6, 6.07) is 14.4. The van der Waals surface area contributed by atoms with E-state index in [2.05, 4.69) is 0 Å². The number of carbonyl (C=O) groups excluding carboxylic acids is 1. The van der Waals surface area contributed by atoms with E-state index in [0.29, 0.717) is 0 Å².